The lowest BCUT2D eigenvalue weighted by Crippen LogP contribution is -2.27. The minimum absolute atomic E-state index is 0. The molecular weight excluding hydrogens is 274 g/mol. The average molecular weight is 293 g/mol. The van der Waals surface area contributed by atoms with Crippen LogP contribution >= 0.6 is 12.4 Å². The smallest absolute Gasteiger partial charge is 0.220 e. The second kappa shape index (κ2) is 8.82. The van der Waals surface area contributed by atoms with Crippen LogP contribution in [-0.2, 0) is 11.2 Å². The predicted molar refractivity (Wildman–Crippen MR) is 73.2 cm³/mol. The summed E-state index contributed by atoms with van der Waals surface area (Å²) in [6.45, 7) is 2.20. The van der Waals surface area contributed by atoms with Gasteiger partial charge in [-0.2, -0.15) is 0 Å². The van der Waals surface area contributed by atoms with Crippen LogP contribution in [0.3, 0.4) is 0 Å². The number of carbonyl (C=O) groups excluding carboxylic acids is 1. The van der Waals surface area contributed by atoms with Crippen molar-refractivity contribution in [1.29, 1.82) is 0 Å². The third kappa shape index (κ3) is 7.74. The van der Waals surface area contributed by atoms with Gasteiger partial charge in [0.15, 0.2) is 0 Å². The Balaban J connectivity index is 0.00000324. The molecule has 3 nitrogen and oxygen atoms in total. The van der Waals surface area contributed by atoms with Gasteiger partial charge in [-0.1, -0.05) is 0 Å². The SMILES string of the molecule is CC(N)CCC(=O)NCCc1cc(F)cc(F)c1.Cl. The lowest BCUT2D eigenvalue weighted by Gasteiger charge is -2.07. The van der Waals surface area contributed by atoms with Gasteiger partial charge < -0.3 is 11.1 Å². The maximum Gasteiger partial charge on any atom is 0.220 e. The van der Waals surface area contributed by atoms with E-state index in [9.17, 15) is 13.6 Å². The fourth-order valence-corrected chi connectivity index (χ4v) is 1.55. The molecule has 1 atom stereocenters. The number of hydrogen-bond donors (Lipinski definition) is 2. The first-order valence-corrected chi connectivity index (χ1v) is 5.94. The lowest BCUT2D eigenvalue weighted by molar-refractivity contribution is -0.121. The first kappa shape index (κ1) is 17.8. The maximum atomic E-state index is 12.9. The molecule has 6 heteroatoms. The van der Waals surface area contributed by atoms with Crippen LogP contribution in [0.1, 0.15) is 25.3 Å². The molecule has 0 saturated heterocycles. The van der Waals surface area contributed by atoms with E-state index in [0.29, 0.717) is 31.4 Å². The van der Waals surface area contributed by atoms with Crippen LogP contribution in [-0.4, -0.2) is 18.5 Å². The molecule has 0 aliphatic rings. The Bertz CT molecular complexity index is 393. The molecule has 0 bridgehead atoms. The first-order valence-electron chi connectivity index (χ1n) is 5.94. The topological polar surface area (TPSA) is 55.1 Å². The Morgan fingerprint density at radius 3 is 2.42 bits per heavy atom. The highest BCUT2D eigenvalue weighted by Gasteiger charge is 2.04. The second-order valence-electron chi connectivity index (χ2n) is 4.39. The van der Waals surface area contributed by atoms with Crippen LogP contribution in [0.25, 0.3) is 0 Å². The van der Waals surface area contributed by atoms with E-state index in [-0.39, 0.29) is 24.4 Å². The van der Waals surface area contributed by atoms with Gasteiger partial charge in [-0.15, -0.1) is 12.4 Å². The zero-order valence-corrected chi connectivity index (χ0v) is 11.6. The first-order chi connectivity index (χ1) is 8.47. The highest BCUT2D eigenvalue weighted by molar-refractivity contribution is 5.85. The summed E-state index contributed by atoms with van der Waals surface area (Å²) in [5, 5.41) is 2.69. The molecule has 1 aromatic rings. The van der Waals surface area contributed by atoms with Gasteiger partial charge in [0, 0.05) is 25.1 Å². The summed E-state index contributed by atoms with van der Waals surface area (Å²) >= 11 is 0. The number of rotatable bonds is 6. The summed E-state index contributed by atoms with van der Waals surface area (Å²) in [6, 6.07) is 3.34. The number of carbonyl (C=O) groups is 1. The van der Waals surface area contributed by atoms with Crippen molar-refractivity contribution in [1.82, 2.24) is 5.32 Å². The molecule has 0 aliphatic carbocycles. The van der Waals surface area contributed by atoms with E-state index in [4.69, 9.17) is 5.73 Å². The molecule has 108 valence electrons. The Kier molecular flexibility index (Phi) is 8.27. The van der Waals surface area contributed by atoms with Crippen molar-refractivity contribution < 1.29 is 13.6 Å². The molecule has 0 spiro atoms. The molecule has 0 aliphatic heterocycles. The summed E-state index contributed by atoms with van der Waals surface area (Å²) in [6.07, 6.45) is 1.40. The van der Waals surface area contributed by atoms with Gasteiger partial charge in [0.25, 0.3) is 0 Å². The molecule has 0 aromatic heterocycles. The predicted octanol–water partition coefficient (Wildman–Crippen LogP) is 2.17. The van der Waals surface area contributed by atoms with Crippen LogP contribution in [0.5, 0.6) is 0 Å². The lowest BCUT2D eigenvalue weighted by atomic mass is 10.1. The normalized spacial score (nSPS) is 11.6. The largest absolute Gasteiger partial charge is 0.356 e. The molecule has 3 N–H and O–H groups in total. The number of benzene rings is 1. The van der Waals surface area contributed by atoms with Crippen molar-refractivity contribution in [3.8, 4) is 0 Å². The number of halogens is 3. The highest BCUT2D eigenvalue weighted by atomic mass is 35.5. The maximum absolute atomic E-state index is 12.9. The van der Waals surface area contributed by atoms with Crippen molar-refractivity contribution in [3.05, 3.63) is 35.4 Å². The standard InChI is InChI=1S/C13H18F2N2O.ClH/c1-9(16)2-3-13(18)17-5-4-10-6-11(14)8-12(15)7-10;/h6-9H,2-5,16H2,1H3,(H,17,18);1H. The number of nitrogens with one attached hydrogen (secondary N) is 1. The molecule has 1 unspecified atom stereocenters. The Hall–Kier alpha value is -1.20. The van der Waals surface area contributed by atoms with Crippen LogP contribution < -0.4 is 11.1 Å². The highest BCUT2D eigenvalue weighted by Crippen LogP contribution is 2.08. The van der Waals surface area contributed by atoms with Gasteiger partial charge in [0.1, 0.15) is 11.6 Å². The van der Waals surface area contributed by atoms with Gasteiger partial charge in [0.05, 0.1) is 0 Å². The van der Waals surface area contributed by atoms with E-state index < -0.39 is 11.6 Å². The molecule has 0 fully saturated rings. The minimum Gasteiger partial charge on any atom is -0.356 e. The number of nitrogens with two attached hydrogens (primary N) is 1. The van der Waals surface area contributed by atoms with Crippen molar-refractivity contribution in [2.45, 2.75) is 32.2 Å². The summed E-state index contributed by atoms with van der Waals surface area (Å²) in [4.78, 5) is 11.4. The van der Waals surface area contributed by atoms with Crippen molar-refractivity contribution >= 4 is 18.3 Å². The van der Waals surface area contributed by atoms with Crippen LogP contribution in [0, 0.1) is 11.6 Å². The average Bonchev–Trinajstić information content (AvgIpc) is 2.25. The third-order valence-corrected chi connectivity index (χ3v) is 2.48. The van der Waals surface area contributed by atoms with E-state index >= 15 is 0 Å². The van der Waals surface area contributed by atoms with Crippen molar-refractivity contribution in [2.24, 2.45) is 5.73 Å². The van der Waals surface area contributed by atoms with E-state index in [1.54, 1.807) is 0 Å². The van der Waals surface area contributed by atoms with Crippen molar-refractivity contribution in [2.75, 3.05) is 6.54 Å². The number of hydrogen-bond acceptors (Lipinski definition) is 2. The fraction of sp³-hybridized carbons (Fsp3) is 0.462. The van der Waals surface area contributed by atoms with Gasteiger partial charge in [-0.3, -0.25) is 4.79 Å². The van der Waals surface area contributed by atoms with Gasteiger partial charge in [-0.05, 0) is 37.5 Å². The Morgan fingerprint density at radius 2 is 1.89 bits per heavy atom. The fourth-order valence-electron chi connectivity index (χ4n) is 1.55. The van der Waals surface area contributed by atoms with Crippen LogP contribution in [0.2, 0.25) is 0 Å². The van der Waals surface area contributed by atoms with E-state index in [0.717, 1.165) is 6.07 Å². The summed E-state index contributed by atoms with van der Waals surface area (Å²) < 4.78 is 25.8. The second-order valence-corrected chi connectivity index (χ2v) is 4.39. The molecule has 0 heterocycles. The van der Waals surface area contributed by atoms with Gasteiger partial charge in [0.2, 0.25) is 5.91 Å². The van der Waals surface area contributed by atoms with Crippen LogP contribution in [0.15, 0.2) is 18.2 Å². The van der Waals surface area contributed by atoms with E-state index in [1.165, 1.54) is 12.1 Å². The number of amides is 1. The summed E-state index contributed by atoms with van der Waals surface area (Å²) in [7, 11) is 0. The van der Waals surface area contributed by atoms with E-state index in [2.05, 4.69) is 5.32 Å². The third-order valence-electron chi connectivity index (χ3n) is 2.48. The molecule has 1 aromatic carbocycles. The van der Waals surface area contributed by atoms with Gasteiger partial charge >= 0.3 is 0 Å². The molecule has 0 saturated carbocycles. The summed E-state index contributed by atoms with van der Waals surface area (Å²) in [5.41, 5.74) is 6.06. The van der Waals surface area contributed by atoms with Crippen LogP contribution in [0.4, 0.5) is 8.78 Å². The van der Waals surface area contributed by atoms with Crippen molar-refractivity contribution in [3.63, 3.8) is 0 Å². The Morgan fingerprint density at radius 1 is 1.32 bits per heavy atom. The zero-order valence-electron chi connectivity index (χ0n) is 10.8. The monoisotopic (exact) mass is 292 g/mol. The Labute approximate surface area is 118 Å². The van der Waals surface area contributed by atoms with Gasteiger partial charge in [-0.25, -0.2) is 8.78 Å². The molecule has 0 radical (unpaired) electrons. The summed E-state index contributed by atoms with van der Waals surface area (Å²) in [5.74, 6) is -1.30. The molecule has 1 amide bonds. The molecule has 1 rings (SSSR count). The quantitative estimate of drug-likeness (QED) is 0.844. The molecule has 19 heavy (non-hydrogen) atoms. The van der Waals surface area contributed by atoms with E-state index in [1.807, 2.05) is 6.92 Å². The zero-order chi connectivity index (χ0) is 13.5. The molecular formula is C13H19ClF2N2O. The minimum atomic E-state index is -0.603.